The summed E-state index contributed by atoms with van der Waals surface area (Å²) < 4.78 is 26.4. The molecule has 0 unspecified atom stereocenters. The van der Waals surface area contributed by atoms with E-state index < -0.39 is 17.4 Å². The van der Waals surface area contributed by atoms with Crippen LogP contribution < -0.4 is 0 Å². The highest BCUT2D eigenvalue weighted by Gasteiger charge is 2.19. The first-order valence-corrected chi connectivity index (χ1v) is 4.23. The van der Waals surface area contributed by atoms with Crippen molar-refractivity contribution in [3.05, 3.63) is 27.8 Å². The second kappa shape index (κ2) is 3.50. The van der Waals surface area contributed by atoms with Gasteiger partial charge in [-0.3, -0.25) is 0 Å². The minimum Gasteiger partial charge on any atom is -0.505 e. The molecule has 0 saturated heterocycles. The Hall–Kier alpha value is -0.830. The predicted octanol–water partition coefficient (Wildman–Crippen LogP) is 3.19. The second-order valence-electron chi connectivity index (χ2n) is 2.75. The van der Waals surface area contributed by atoms with Gasteiger partial charge in [-0.05, 0) is 13.3 Å². The Labute approximate surface area is 80.0 Å². The first-order valence-electron chi connectivity index (χ1n) is 3.85. The monoisotopic (exact) mass is 206 g/mol. The third-order valence-corrected chi connectivity index (χ3v) is 2.41. The molecule has 13 heavy (non-hydrogen) atoms. The molecular weight excluding hydrogens is 198 g/mol. The molecule has 0 amide bonds. The normalized spacial score (nSPS) is 10.5. The molecule has 0 spiro atoms. The van der Waals surface area contributed by atoms with E-state index in [-0.39, 0.29) is 22.6 Å². The maximum absolute atomic E-state index is 13.2. The van der Waals surface area contributed by atoms with E-state index in [9.17, 15) is 13.9 Å². The molecule has 0 fully saturated rings. The Balaban J connectivity index is 3.56. The van der Waals surface area contributed by atoms with Crippen LogP contribution in [0.4, 0.5) is 8.78 Å². The Morgan fingerprint density at radius 2 is 1.85 bits per heavy atom. The van der Waals surface area contributed by atoms with Gasteiger partial charge in [0.1, 0.15) is 5.82 Å². The Bertz CT molecular complexity index is 321. The number of phenolic OH excluding ortho intramolecular Hbond substituents is 1. The maximum Gasteiger partial charge on any atom is 0.169 e. The first kappa shape index (κ1) is 10.3. The first-order chi connectivity index (χ1) is 6.00. The molecule has 1 aromatic rings. The van der Waals surface area contributed by atoms with Gasteiger partial charge in [-0.25, -0.2) is 8.78 Å². The van der Waals surface area contributed by atoms with Crippen molar-refractivity contribution in [2.45, 2.75) is 20.3 Å². The highest BCUT2D eigenvalue weighted by Crippen LogP contribution is 2.33. The molecule has 0 aliphatic heterocycles. The van der Waals surface area contributed by atoms with Crippen LogP contribution in [0.5, 0.6) is 5.75 Å². The summed E-state index contributed by atoms with van der Waals surface area (Å²) in [5.41, 5.74) is -0.137. The molecule has 1 nitrogen and oxygen atoms in total. The summed E-state index contributed by atoms with van der Waals surface area (Å²) in [6.07, 6.45) is 0.203. The van der Waals surface area contributed by atoms with E-state index in [4.69, 9.17) is 11.6 Å². The summed E-state index contributed by atoms with van der Waals surface area (Å²) in [5, 5.41) is 8.95. The number of hydrogen-bond donors (Lipinski definition) is 1. The largest absolute Gasteiger partial charge is 0.505 e. The fraction of sp³-hybridized carbons (Fsp3) is 0.333. The zero-order valence-electron chi connectivity index (χ0n) is 7.29. The molecule has 1 aromatic carbocycles. The number of benzene rings is 1. The third kappa shape index (κ3) is 1.48. The van der Waals surface area contributed by atoms with E-state index in [1.165, 1.54) is 6.92 Å². The van der Waals surface area contributed by atoms with Gasteiger partial charge in [0.15, 0.2) is 11.6 Å². The third-order valence-electron chi connectivity index (χ3n) is 1.96. The summed E-state index contributed by atoms with van der Waals surface area (Å²) >= 11 is 5.51. The molecule has 4 heteroatoms. The van der Waals surface area contributed by atoms with Crippen LogP contribution in [0.3, 0.4) is 0 Å². The number of hydrogen-bond acceptors (Lipinski definition) is 1. The second-order valence-corrected chi connectivity index (χ2v) is 3.13. The Kier molecular flexibility index (Phi) is 2.76. The van der Waals surface area contributed by atoms with Crippen molar-refractivity contribution in [3.63, 3.8) is 0 Å². The molecule has 0 heterocycles. The van der Waals surface area contributed by atoms with Gasteiger partial charge >= 0.3 is 0 Å². The summed E-state index contributed by atoms with van der Waals surface area (Å²) in [7, 11) is 0. The molecule has 0 atom stereocenters. The predicted molar refractivity (Wildman–Crippen MR) is 47.1 cm³/mol. The fourth-order valence-electron chi connectivity index (χ4n) is 1.13. The van der Waals surface area contributed by atoms with Crippen LogP contribution in [0, 0.1) is 18.6 Å². The SMILES string of the molecule is CCc1c(O)c(F)c(C)c(Cl)c1F. The molecule has 0 aromatic heterocycles. The van der Waals surface area contributed by atoms with E-state index in [2.05, 4.69) is 0 Å². The highest BCUT2D eigenvalue weighted by atomic mass is 35.5. The van der Waals surface area contributed by atoms with Crippen molar-refractivity contribution in [1.29, 1.82) is 0 Å². The van der Waals surface area contributed by atoms with E-state index in [1.807, 2.05) is 0 Å². The quantitative estimate of drug-likeness (QED) is 0.700. The van der Waals surface area contributed by atoms with E-state index >= 15 is 0 Å². The molecular formula is C9H9ClF2O. The molecule has 1 N–H and O–H groups in total. The van der Waals surface area contributed by atoms with Gasteiger partial charge in [0.25, 0.3) is 0 Å². The lowest BCUT2D eigenvalue weighted by atomic mass is 10.1. The van der Waals surface area contributed by atoms with Gasteiger partial charge in [0, 0.05) is 11.1 Å². The van der Waals surface area contributed by atoms with Crippen LogP contribution in [-0.4, -0.2) is 5.11 Å². The lowest BCUT2D eigenvalue weighted by Crippen LogP contribution is -1.97. The van der Waals surface area contributed by atoms with Crippen LogP contribution in [0.1, 0.15) is 18.1 Å². The summed E-state index contributed by atoms with van der Waals surface area (Å²) in [6.45, 7) is 2.93. The van der Waals surface area contributed by atoms with E-state index in [1.54, 1.807) is 6.92 Å². The van der Waals surface area contributed by atoms with Crippen LogP contribution in [0.15, 0.2) is 0 Å². The van der Waals surface area contributed by atoms with Crippen molar-refractivity contribution < 1.29 is 13.9 Å². The average Bonchev–Trinajstić information content (AvgIpc) is 2.13. The summed E-state index contributed by atoms with van der Waals surface area (Å²) in [4.78, 5) is 0. The van der Waals surface area contributed by atoms with Gasteiger partial charge < -0.3 is 5.11 Å². The molecule has 0 radical (unpaired) electrons. The smallest absolute Gasteiger partial charge is 0.169 e. The van der Waals surface area contributed by atoms with Crippen molar-refractivity contribution in [2.75, 3.05) is 0 Å². The van der Waals surface area contributed by atoms with Crippen molar-refractivity contribution in [1.82, 2.24) is 0 Å². The summed E-state index contributed by atoms with van der Waals surface area (Å²) in [6, 6.07) is 0. The number of phenols is 1. The van der Waals surface area contributed by atoms with Crippen molar-refractivity contribution in [2.24, 2.45) is 0 Å². The molecule has 0 saturated carbocycles. The highest BCUT2D eigenvalue weighted by molar-refractivity contribution is 6.31. The van der Waals surface area contributed by atoms with Crippen LogP contribution in [-0.2, 0) is 6.42 Å². The minimum absolute atomic E-state index is 0.0612. The zero-order chi connectivity index (χ0) is 10.2. The Morgan fingerprint density at radius 1 is 1.31 bits per heavy atom. The Morgan fingerprint density at radius 3 is 2.31 bits per heavy atom. The van der Waals surface area contributed by atoms with Gasteiger partial charge in [-0.1, -0.05) is 18.5 Å². The molecule has 0 aliphatic carbocycles. The summed E-state index contributed by atoms with van der Waals surface area (Å²) in [5.74, 6) is -2.22. The molecule has 0 bridgehead atoms. The standard InChI is InChI=1S/C9H9ClF2O/c1-3-5-8(12)6(10)4(2)7(11)9(5)13/h13H,3H2,1-2H3. The van der Waals surface area contributed by atoms with Gasteiger partial charge in [-0.15, -0.1) is 0 Å². The number of halogens is 3. The number of aromatic hydroxyl groups is 1. The number of rotatable bonds is 1. The van der Waals surface area contributed by atoms with Crippen molar-refractivity contribution in [3.8, 4) is 5.75 Å². The zero-order valence-corrected chi connectivity index (χ0v) is 8.04. The van der Waals surface area contributed by atoms with Gasteiger partial charge in [0.2, 0.25) is 0 Å². The fourth-order valence-corrected chi connectivity index (χ4v) is 1.33. The molecule has 0 aliphatic rings. The molecule has 72 valence electrons. The van der Waals surface area contributed by atoms with E-state index in [0.717, 1.165) is 0 Å². The van der Waals surface area contributed by atoms with Gasteiger partial charge in [0.05, 0.1) is 5.02 Å². The van der Waals surface area contributed by atoms with Gasteiger partial charge in [-0.2, -0.15) is 0 Å². The topological polar surface area (TPSA) is 20.2 Å². The van der Waals surface area contributed by atoms with Crippen molar-refractivity contribution >= 4 is 11.6 Å². The molecule has 1 rings (SSSR count). The minimum atomic E-state index is -0.844. The van der Waals surface area contributed by atoms with E-state index in [0.29, 0.717) is 0 Å². The lowest BCUT2D eigenvalue weighted by molar-refractivity contribution is 0.416. The maximum atomic E-state index is 13.2. The van der Waals surface area contributed by atoms with Crippen LogP contribution in [0.25, 0.3) is 0 Å². The van der Waals surface area contributed by atoms with Crippen LogP contribution in [0.2, 0.25) is 5.02 Å². The average molecular weight is 207 g/mol. The lowest BCUT2D eigenvalue weighted by Gasteiger charge is -2.09. The van der Waals surface area contributed by atoms with Crippen LogP contribution >= 0.6 is 11.6 Å².